The molecule has 9 heteroatoms. The number of rotatable bonds is 7. The third kappa shape index (κ3) is 4.96. The second kappa shape index (κ2) is 8.68. The Hall–Kier alpha value is -2.58. The van der Waals surface area contributed by atoms with Crippen LogP contribution in [0.3, 0.4) is 0 Å². The number of carbonyl (C=O) groups excluding carboxylic acids is 1. The summed E-state index contributed by atoms with van der Waals surface area (Å²) in [5, 5.41) is 7.16. The van der Waals surface area contributed by atoms with Gasteiger partial charge in [0, 0.05) is 11.8 Å². The highest BCUT2D eigenvalue weighted by Crippen LogP contribution is 2.21. The topological polar surface area (TPSA) is 90.1 Å². The number of pyridine rings is 1. The molecule has 2 aromatic heterocycles. The molecule has 0 bridgehead atoms. The lowest BCUT2D eigenvalue weighted by molar-refractivity contribution is -0.113. The van der Waals surface area contributed by atoms with E-state index in [1.807, 2.05) is 24.3 Å². The minimum absolute atomic E-state index is 0.167. The molecule has 134 valence electrons. The van der Waals surface area contributed by atoms with Gasteiger partial charge in [-0.05, 0) is 36.4 Å². The van der Waals surface area contributed by atoms with Crippen molar-refractivity contribution in [3.8, 4) is 17.1 Å². The molecule has 0 fully saturated rings. The first-order valence-electron chi connectivity index (χ1n) is 7.60. The quantitative estimate of drug-likeness (QED) is 0.658. The first-order chi connectivity index (χ1) is 12.6. The molecule has 0 atom stereocenters. The summed E-state index contributed by atoms with van der Waals surface area (Å²) >= 11 is 7.12. The minimum Gasteiger partial charge on any atom is -0.497 e. The molecule has 0 radical (unpaired) electrons. The maximum Gasteiger partial charge on any atom is 0.236 e. The van der Waals surface area contributed by atoms with Crippen molar-refractivity contribution in [2.75, 3.05) is 18.2 Å². The number of amides is 1. The van der Waals surface area contributed by atoms with Crippen LogP contribution in [0.5, 0.6) is 5.75 Å². The fraction of sp³-hybridized carbons (Fsp3) is 0.176. The molecule has 0 saturated heterocycles. The van der Waals surface area contributed by atoms with Crippen LogP contribution in [-0.2, 0) is 10.5 Å². The Morgan fingerprint density at radius 2 is 2.08 bits per heavy atom. The van der Waals surface area contributed by atoms with Crippen molar-refractivity contribution >= 4 is 35.1 Å². The lowest BCUT2D eigenvalue weighted by Crippen LogP contribution is -2.15. The van der Waals surface area contributed by atoms with Crippen molar-refractivity contribution in [2.24, 2.45) is 0 Å². The van der Waals surface area contributed by atoms with Gasteiger partial charge in [0.1, 0.15) is 11.6 Å². The lowest BCUT2D eigenvalue weighted by Gasteiger charge is -2.03. The molecule has 3 rings (SSSR count). The van der Waals surface area contributed by atoms with E-state index in [1.54, 1.807) is 19.2 Å². The molecule has 0 aliphatic rings. The molecule has 1 aromatic carbocycles. The Kier molecular flexibility index (Phi) is 6.08. The van der Waals surface area contributed by atoms with Crippen LogP contribution in [0.15, 0.2) is 47.1 Å². The molecule has 0 spiro atoms. The van der Waals surface area contributed by atoms with E-state index < -0.39 is 0 Å². The predicted molar refractivity (Wildman–Crippen MR) is 100 cm³/mol. The number of thioether (sulfide) groups is 1. The van der Waals surface area contributed by atoms with Crippen LogP contribution in [0.1, 0.15) is 5.89 Å². The van der Waals surface area contributed by atoms with Crippen molar-refractivity contribution in [2.45, 2.75) is 5.75 Å². The highest BCUT2D eigenvalue weighted by atomic mass is 35.5. The number of hydrogen-bond acceptors (Lipinski definition) is 7. The van der Waals surface area contributed by atoms with Gasteiger partial charge in [-0.2, -0.15) is 4.98 Å². The van der Waals surface area contributed by atoms with Gasteiger partial charge in [-0.25, -0.2) is 4.98 Å². The maximum absolute atomic E-state index is 11.9. The van der Waals surface area contributed by atoms with Gasteiger partial charge in [-0.15, -0.1) is 11.8 Å². The Morgan fingerprint density at radius 3 is 2.77 bits per heavy atom. The van der Waals surface area contributed by atoms with Crippen molar-refractivity contribution < 1.29 is 14.1 Å². The normalized spacial score (nSPS) is 10.5. The van der Waals surface area contributed by atoms with E-state index in [4.69, 9.17) is 20.9 Å². The number of benzene rings is 1. The average Bonchev–Trinajstić information content (AvgIpc) is 3.12. The SMILES string of the molecule is COc1ccc(-c2noc(CSCC(=O)Nc3ccc(Cl)cn3)n2)cc1. The lowest BCUT2D eigenvalue weighted by atomic mass is 10.2. The smallest absolute Gasteiger partial charge is 0.236 e. The summed E-state index contributed by atoms with van der Waals surface area (Å²) in [5.74, 6) is 2.68. The third-order valence-corrected chi connectivity index (χ3v) is 4.41. The molecule has 0 aliphatic heterocycles. The second-order valence-corrected chi connectivity index (χ2v) is 6.56. The molecule has 2 heterocycles. The zero-order chi connectivity index (χ0) is 18.4. The molecule has 26 heavy (non-hydrogen) atoms. The van der Waals surface area contributed by atoms with Gasteiger partial charge in [0.25, 0.3) is 0 Å². The Morgan fingerprint density at radius 1 is 1.27 bits per heavy atom. The first-order valence-corrected chi connectivity index (χ1v) is 9.13. The van der Waals surface area contributed by atoms with Gasteiger partial charge in [-0.1, -0.05) is 16.8 Å². The van der Waals surface area contributed by atoms with Crippen LogP contribution in [0, 0.1) is 0 Å². The minimum atomic E-state index is -0.167. The number of ether oxygens (including phenoxy) is 1. The number of hydrogen-bond donors (Lipinski definition) is 1. The number of anilines is 1. The molecular formula is C17H15ClN4O3S. The average molecular weight is 391 g/mol. The van der Waals surface area contributed by atoms with Crippen molar-refractivity contribution in [1.29, 1.82) is 0 Å². The molecule has 0 aliphatic carbocycles. The summed E-state index contributed by atoms with van der Waals surface area (Å²) in [6.07, 6.45) is 1.48. The Labute approximate surface area is 159 Å². The zero-order valence-electron chi connectivity index (χ0n) is 13.8. The van der Waals surface area contributed by atoms with Crippen molar-refractivity contribution in [1.82, 2.24) is 15.1 Å². The summed E-state index contributed by atoms with van der Waals surface area (Å²) < 4.78 is 10.3. The molecule has 7 nitrogen and oxygen atoms in total. The van der Waals surface area contributed by atoms with E-state index >= 15 is 0 Å². The number of nitrogens with one attached hydrogen (secondary N) is 1. The Balaban J connectivity index is 1.48. The van der Waals surface area contributed by atoms with Gasteiger partial charge >= 0.3 is 0 Å². The van der Waals surface area contributed by atoms with E-state index in [0.717, 1.165) is 11.3 Å². The highest BCUT2D eigenvalue weighted by Gasteiger charge is 2.10. The monoisotopic (exact) mass is 390 g/mol. The first kappa shape index (κ1) is 18.2. The molecule has 1 amide bonds. The Bertz CT molecular complexity index is 868. The largest absolute Gasteiger partial charge is 0.497 e. The zero-order valence-corrected chi connectivity index (χ0v) is 15.4. The molecule has 0 unspecified atom stereocenters. The number of methoxy groups -OCH3 is 1. The standard InChI is InChI=1S/C17H15ClN4O3S/c1-24-13-5-2-11(3-6-13)17-21-16(25-22-17)10-26-9-15(23)20-14-7-4-12(18)8-19-14/h2-8H,9-10H2,1H3,(H,19,20,23). The van der Waals surface area contributed by atoms with Gasteiger partial charge in [-0.3, -0.25) is 4.79 Å². The maximum atomic E-state index is 11.9. The number of carbonyl (C=O) groups is 1. The fourth-order valence-corrected chi connectivity index (χ4v) is 2.79. The van der Waals surface area contributed by atoms with Crippen LogP contribution in [0.4, 0.5) is 5.82 Å². The predicted octanol–water partition coefficient (Wildman–Crippen LogP) is 3.67. The van der Waals surface area contributed by atoms with Gasteiger partial charge in [0.05, 0.1) is 23.6 Å². The number of nitrogens with zero attached hydrogens (tertiary/aromatic N) is 3. The summed E-state index contributed by atoms with van der Waals surface area (Å²) in [6, 6.07) is 10.7. The molecule has 0 saturated carbocycles. The van der Waals surface area contributed by atoms with Crippen LogP contribution in [0.25, 0.3) is 11.4 Å². The van der Waals surface area contributed by atoms with Crippen LogP contribution < -0.4 is 10.1 Å². The van der Waals surface area contributed by atoms with E-state index in [0.29, 0.717) is 28.3 Å². The van der Waals surface area contributed by atoms with E-state index in [2.05, 4.69) is 20.4 Å². The highest BCUT2D eigenvalue weighted by molar-refractivity contribution is 7.99. The molecule has 1 N–H and O–H groups in total. The van der Waals surface area contributed by atoms with Crippen LogP contribution in [-0.4, -0.2) is 33.9 Å². The summed E-state index contributed by atoms with van der Waals surface area (Å²) in [5.41, 5.74) is 0.831. The number of aromatic nitrogens is 3. The summed E-state index contributed by atoms with van der Waals surface area (Å²) in [7, 11) is 1.61. The van der Waals surface area contributed by atoms with E-state index in [1.165, 1.54) is 18.0 Å². The van der Waals surface area contributed by atoms with Crippen molar-refractivity contribution in [3.05, 3.63) is 53.5 Å². The summed E-state index contributed by atoms with van der Waals surface area (Å²) in [4.78, 5) is 20.2. The molecule has 3 aromatic rings. The van der Waals surface area contributed by atoms with Gasteiger partial charge < -0.3 is 14.6 Å². The van der Waals surface area contributed by atoms with E-state index in [9.17, 15) is 4.79 Å². The van der Waals surface area contributed by atoms with Gasteiger partial charge in [0.15, 0.2) is 0 Å². The van der Waals surface area contributed by atoms with E-state index in [-0.39, 0.29) is 11.7 Å². The van der Waals surface area contributed by atoms with Crippen LogP contribution in [0.2, 0.25) is 5.02 Å². The van der Waals surface area contributed by atoms with Gasteiger partial charge in [0.2, 0.25) is 17.6 Å². The third-order valence-electron chi connectivity index (χ3n) is 3.27. The number of halogens is 1. The second-order valence-electron chi connectivity index (χ2n) is 5.14. The van der Waals surface area contributed by atoms with Crippen molar-refractivity contribution in [3.63, 3.8) is 0 Å². The molecular weight excluding hydrogens is 376 g/mol. The van der Waals surface area contributed by atoms with Crippen LogP contribution >= 0.6 is 23.4 Å². The summed E-state index contributed by atoms with van der Waals surface area (Å²) in [6.45, 7) is 0. The fourth-order valence-electron chi connectivity index (χ4n) is 2.03.